The molecule has 0 bridgehead atoms. The number of benzene rings is 1. The van der Waals surface area contributed by atoms with Gasteiger partial charge >= 0.3 is 0 Å². The summed E-state index contributed by atoms with van der Waals surface area (Å²) in [5.74, 6) is 0. The second kappa shape index (κ2) is 7.81. The van der Waals surface area contributed by atoms with E-state index in [9.17, 15) is 0 Å². The molecule has 114 valence electrons. The number of fused-ring (bicyclic) bond motifs is 1. The Morgan fingerprint density at radius 2 is 1.86 bits per heavy atom. The Hall–Kier alpha value is -1.85. The Balaban J connectivity index is 2.35. The van der Waals surface area contributed by atoms with Crippen LogP contribution in [-0.2, 0) is 9.47 Å². The van der Waals surface area contributed by atoms with Crippen LogP contribution in [0.2, 0.25) is 0 Å². The molecular weight excluding hydrogens is 266 g/mol. The highest BCUT2D eigenvalue weighted by molar-refractivity contribution is 5.97. The van der Waals surface area contributed by atoms with E-state index < -0.39 is 0 Å². The summed E-state index contributed by atoms with van der Waals surface area (Å²) < 4.78 is 10.4. The SMILES string of the molecule is COCCCN(CCOC)c1c(N)cnc2ccccc12. The van der Waals surface area contributed by atoms with Crippen molar-refractivity contribution in [2.24, 2.45) is 0 Å². The van der Waals surface area contributed by atoms with E-state index in [0.717, 1.165) is 42.7 Å². The predicted molar refractivity (Wildman–Crippen MR) is 86.7 cm³/mol. The molecule has 0 saturated heterocycles. The maximum absolute atomic E-state index is 6.19. The summed E-state index contributed by atoms with van der Waals surface area (Å²) in [6, 6.07) is 8.06. The van der Waals surface area contributed by atoms with E-state index in [-0.39, 0.29) is 0 Å². The second-order valence-electron chi connectivity index (χ2n) is 4.91. The number of hydrogen-bond donors (Lipinski definition) is 1. The summed E-state index contributed by atoms with van der Waals surface area (Å²) in [5.41, 5.74) is 8.87. The van der Waals surface area contributed by atoms with Gasteiger partial charge in [0.25, 0.3) is 0 Å². The van der Waals surface area contributed by atoms with Gasteiger partial charge in [0.05, 0.1) is 29.7 Å². The maximum Gasteiger partial charge on any atom is 0.0745 e. The second-order valence-corrected chi connectivity index (χ2v) is 4.91. The molecule has 1 heterocycles. The highest BCUT2D eigenvalue weighted by atomic mass is 16.5. The first-order valence-corrected chi connectivity index (χ1v) is 7.14. The average Bonchev–Trinajstić information content (AvgIpc) is 2.51. The van der Waals surface area contributed by atoms with Crippen LogP contribution in [0.15, 0.2) is 30.5 Å². The molecule has 2 aromatic rings. The Kier molecular flexibility index (Phi) is 5.78. The molecule has 2 rings (SSSR count). The summed E-state index contributed by atoms with van der Waals surface area (Å²) in [4.78, 5) is 6.64. The number of hydrogen-bond acceptors (Lipinski definition) is 5. The van der Waals surface area contributed by atoms with E-state index in [1.54, 1.807) is 20.4 Å². The van der Waals surface area contributed by atoms with Crippen molar-refractivity contribution in [3.63, 3.8) is 0 Å². The van der Waals surface area contributed by atoms with Crippen molar-refractivity contribution in [3.8, 4) is 0 Å². The van der Waals surface area contributed by atoms with Gasteiger partial charge in [-0.15, -0.1) is 0 Å². The summed E-state index contributed by atoms with van der Waals surface area (Å²) >= 11 is 0. The first kappa shape index (κ1) is 15.5. The Bertz CT molecular complexity index is 574. The van der Waals surface area contributed by atoms with Crippen LogP contribution in [0.25, 0.3) is 10.9 Å². The van der Waals surface area contributed by atoms with Crippen LogP contribution in [0.4, 0.5) is 11.4 Å². The molecule has 0 atom stereocenters. The van der Waals surface area contributed by atoms with Gasteiger partial charge in [-0.2, -0.15) is 0 Å². The zero-order valence-corrected chi connectivity index (χ0v) is 12.7. The number of anilines is 2. The number of nitrogens with zero attached hydrogens (tertiary/aromatic N) is 2. The molecule has 0 amide bonds. The van der Waals surface area contributed by atoms with Gasteiger partial charge in [0, 0.05) is 39.3 Å². The van der Waals surface area contributed by atoms with Gasteiger partial charge in [0.2, 0.25) is 0 Å². The third-order valence-corrected chi connectivity index (χ3v) is 3.43. The van der Waals surface area contributed by atoms with E-state index >= 15 is 0 Å². The number of pyridine rings is 1. The van der Waals surface area contributed by atoms with Crippen LogP contribution in [0.5, 0.6) is 0 Å². The van der Waals surface area contributed by atoms with Crippen molar-refractivity contribution in [2.45, 2.75) is 6.42 Å². The van der Waals surface area contributed by atoms with Gasteiger partial charge in [0.1, 0.15) is 0 Å². The Morgan fingerprint density at radius 1 is 1.10 bits per heavy atom. The van der Waals surface area contributed by atoms with Crippen LogP contribution in [0.1, 0.15) is 6.42 Å². The predicted octanol–water partition coefficient (Wildman–Crippen LogP) is 2.31. The molecule has 0 aliphatic carbocycles. The van der Waals surface area contributed by atoms with Gasteiger partial charge in [-0.25, -0.2) is 0 Å². The largest absolute Gasteiger partial charge is 0.396 e. The van der Waals surface area contributed by atoms with Gasteiger partial charge in [0.15, 0.2) is 0 Å². The fourth-order valence-corrected chi connectivity index (χ4v) is 2.43. The van der Waals surface area contributed by atoms with Crippen LogP contribution < -0.4 is 10.6 Å². The molecule has 0 spiro atoms. The van der Waals surface area contributed by atoms with Crippen molar-refractivity contribution >= 4 is 22.3 Å². The number of methoxy groups -OCH3 is 2. The fourth-order valence-electron chi connectivity index (χ4n) is 2.43. The van der Waals surface area contributed by atoms with Crippen molar-refractivity contribution in [2.75, 3.05) is 51.2 Å². The van der Waals surface area contributed by atoms with Crippen molar-refractivity contribution in [3.05, 3.63) is 30.5 Å². The lowest BCUT2D eigenvalue weighted by Crippen LogP contribution is -2.30. The van der Waals surface area contributed by atoms with Gasteiger partial charge in [-0.1, -0.05) is 18.2 Å². The topological polar surface area (TPSA) is 60.6 Å². The van der Waals surface area contributed by atoms with Gasteiger partial charge < -0.3 is 20.1 Å². The molecule has 0 aliphatic heterocycles. The number of para-hydroxylation sites is 1. The van der Waals surface area contributed by atoms with E-state index in [4.69, 9.17) is 15.2 Å². The summed E-state index contributed by atoms with van der Waals surface area (Å²) in [7, 11) is 3.43. The molecule has 21 heavy (non-hydrogen) atoms. The number of nitrogens with two attached hydrogens (primary N) is 1. The summed E-state index contributed by atoms with van der Waals surface area (Å²) in [6.45, 7) is 3.04. The highest BCUT2D eigenvalue weighted by Gasteiger charge is 2.14. The van der Waals surface area contributed by atoms with Crippen LogP contribution in [0, 0.1) is 0 Å². The van der Waals surface area contributed by atoms with Crippen LogP contribution >= 0.6 is 0 Å². The lowest BCUT2D eigenvalue weighted by atomic mass is 10.1. The third kappa shape index (κ3) is 3.83. The van der Waals surface area contributed by atoms with E-state index in [2.05, 4.69) is 16.0 Å². The molecule has 5 heteroatoms. The molecule has 1 aromatic heterocycles. The Morgan fingerprint density at radius 3 is 2.62 bits per heavy atom. The quantitative estimate of drug-likeness (QED) is 0.756. The monoisotopic (exact) mass is 289 g/mol. The number of rotatable bonds is 8. The molecule has 0 fully saturated rings. The van der Waals surface area contributed by atoms with Crippen molar-refractivity contribution in [1.82, 2.24) is 4.98 Å². The average molecular weight is 289 g/mol. The molecule has 1 aromatic carbocycles. The third-order valence-electron chi connectivity index (χ3n) is 3.43. The molecule has 0 aliphatic rings. The summed E-state index contributed by atoms with van der Waals surface area (Å²) in [6.07, 6.45) is 2.67. The normalized spacial score (nSPS) is 11.0. The van der Waals surface area contributed by atoms with Crippen LogP contribution in [0.3, 0.4) is 0 Å². The highest BCUT2D eigenvalue weighted by Crippen LogP contribution is 2.31. The van der Waals surface area contributed by atoms with Crippen molar-refractivity contribution in [1.29, 1.82) is 0 Å². The zero-order chi connectivity index (χ0) is 15.1. The van der Waals surface area contributed by atoms with Gasteiger partial charge in [-0.05, 0) is 12.5 Å². The number of ether oxygens (including phenoxy) is 2. The lowest BCUT2D eigenvalue weighted by Gasteiger charge is -2.27. The first-order valence-electron chi connectivity index (χ1n) is 7.14. The van der Waals surface area contributed by atoms with Crippen LogP contribution in [-0.4, -0.2) is 45.5 Å². The molecule has 0 unspecified atom stereocenters. The summed E-state index contributed by atoms with van der Waals surface area (Å²) in [5, 5.41) is 1.08. The molecule has 0 saturated carbocycles. The van der Waals surface area contributed by atoms with E-state index in [1.807, 2.05) is 18.2 Å². The molecule has 2 N–H and O–H groups in total. The van der Waals surface area contributed by atoms with E-state index in [0.29, 0.717) is 12.3 Å². The smallest absolute Gasteiger partial charge is 0.0745 e. The molecule has 5 nitrogen and oxygen atoms in total. The minimum Gasteiger partial charge on any atom is -0.396 e. The lowest BCUT2D eigenvalue weighted by molar-refractivity contribution is 0.191. The van der Waals surface area contributed by atoms with Gasteiger partial charge in [-0.3, -0.25) is 4.98 Å². The minimum atomic E-state index is 0.656. The van der Waals surface area contributed by atoms with E-state index in [1.165, 1.54) is 0 Å². The maximum atomic E-state index is 6.19. The zero-order valence-electron chi connectivity index (χ0n) is 12.7. The first-order chi connectivity index (χ1) is 10.3. The molecular formula is C16H23N3O2. The van der Waals surface area contributed by atoms with Crippen molar-refractivity contribution < 1.29 is 9.47 Å². The Labute approximate surface area is 125 Å². The number of aromatic nitrogens is 1. The number of nitrogen functional groups attached to an aromatic ring is 1. The fraction of sp³-hybridized carbons (Fsp3) is 0.438. The standard InChI is InChI=1S/C16H23N3O2/c1-20-10-5-8-19(9-11-21-2)16-13-6-3-4-7-15(13)18-12-14(16)17/h3-4,6-7,12H,5,8-11,17H2,1-2H3. The minimum absolute atomic E-state index is 0.656. The molecule has 0 radical (unpaired) electrons.